The summed E-state index contributed by atoms with van der Waals surface area (Å²) in [5.41, 5.74) is 0.518. The van der Waals surface area contributed by atoms with E-state index < -0.39 is 5.54 Å². The summed E-state index contributed by atoms with van der Waals surface area (Å²) in [7, 11) is 3.23. The van der Waals surface area contributed by atoms with Crippen LogP contribution in [0.4, 0.5) is 0 Å². The molecular formula is C15H21NO3. The maximum absolute atomic E-state index is 11.9. The van der Waals surface area contributed by atoms with E-state index >= 15 is 0 Å². The van der Waals surface area contributed by atoms with Crippen molar-refractivity contribution in [1.29, 1.82) is 0 Å². The zero-order chi connectivity index (χ0) is 13.9. The molecule has 1 aliphatic rings. The summed E-state index contributed by atoms with van der Waals surface area (Å²) in [6.07, 6.45) is 2.29. The molecule has 0 aliphatic heterocycles. The summed E-state index contributed by atoms with van der Waals surface area (Å²) in [5.74, 6) is 0.690. The van der Waals surface area contributed by atoms with E-state index in [9.17, 15) is 4.79 Å². The number of ether oxygens (including phenoxy) is 2. The van der Waals surface area contributed by atoms with Gasteiger partial charge >= 0.3 is 5.97 Å². The van der Waals surface area contributed by atoms with Crippen LogP contribution in [-0.4, -0.2) is 31.8 Å². The number of hydrogen-bond donors (Lipinski definition) is 1. The van der Waals surface area contributed by atoms with Gasteiger partial charge in [0.15, 0.2) is 0 Å². The van der Waals surface area contributed by atoms with E-state index in [1.165, 1.54) is 7.11 Å². The predicted octanol–water partition coefficient (Wildman–Crippen LogP) is 2.06. The van der Waals surface area contributed by atoms with Crippen molar-refractivity contribution in [2.75, 3.05) is 14.2 Å². The van der Waals surface area contributed by atoms with Gasteiger partial charge in [0, 0.05) is 6.42 Å². The first-order valence-electron chi connectivity index (χ1n) is 6.61. The molecule has 1 fully saturated rings. The zero-order valence-corrected chi connectivity index (χ0v) is 11.7. The first-order valence-corrected chi connectivity index (χ1v) is 6.61. The van der Waals surface area contributed by atoms with Gasteiger partial charge in [-0.25, -0.2) is 0 Å². The van der Waals surface area contributed by atoms with E-state index in [1.807, 2.05) is 31.2 Å². The summed E-state index contributed by atoms with van der Waals surface area (Å²) in [5, 5.41) is 3.10. The van der Waals surface area contributed by atoms with Crippen LogP contribution in [0.25, 0.3) is 0 Å². The zero-order valence-electron chi connectivity index (χ0n) is 11.7. The highest BCUT2D eigenvalue weighted by molar-refractivity contribution is 5.81. The first kappa shape index (κ1) is 13.9. The molecule has 0 bridgehead atoms. The Labute approximate surface area is 114 Å². The lowest BCUT2D eigenvalue weighted by atomic mass is 9.98. The summed E-state index contributed by atoms with van der Waals surface area (Å²) in [4.78, 5) is 11.9. The molecule has 2 unspecified atom stereocenters. The summed E-state index contributed by atoms with van der Waals surface area (Å²) in [6, 6.07) is 7.94. The second kappa shape index (κ2) is 5.61. The number of nitrogens with one attached hydrogen (secondary N) is 1. The number of likely N-dealkylation sites (N-methyl/N-ethyl adjacent to an activating group) is 1. The number of rotatable bonds is 4. The Hall–Kier alpha value is -1.55. The third-order valence-electron chi connectivity index (χ3n) is 3.91. The second-order valence-corrected chi connectivity index (χ2v) is 5.07. The van der Waals surface area contributed by atoms with E-state index in [0.29, 0.717) is 6.42 Å². The van der Waals surface area contributed by atoms with Crippen molar-refractivity contribution in [3.05, 3.63) is 29.8 Å². The third kappa shape index (κ3) is 2.73. The Morgan fingerprint density at radius 2 is 2.16 bits per heavy atom. The minimum absolute atomic E-state index is 0.0487. The van der Waals surface area contributed by atoms with Gasteiger partial charge in [0.2, 0.25) is 0 Å². The van der Waals surface area contributed by atoms with Gasteiger partial charge in [-0.05, 0) is 38.4 Å². The standard InChI is InChI=1S/C15H21NO3/c1-11-6-4-5-7-13(11)19-12-8-9-15(10-12,16-2)14(17)18-3/h4-7,12,16H,8-10H2,1-3H3. The van der Waals surface area contributed by atoms with Gasteiger partial charge in [-0.3, -0.25) is 4.79 Å². The van der Waals surface area contributed by atoms with Gasteiger partial charge in [0.05, 0.1) is 7.11 Å². The number of para-hydroxylation sites is 1. The molecule has 0 spiro atoms. The molecule has 4 nitrogen and oxygen atoms in total. The molecule has 0 radical (unpaired) electrons. The Kier molecular flexibility index (Phi) is 4.10. The predicted molar refractivity (Wildman–Crippen MR) is 73.3 cm³/mol. The van der Waals surface area contributed by atoms with Gasteiger partial charge in [0.25, 0.3) is 0 Å². The summed E-state index contributed by atoms with van der Waals surface area (Å²) < 4.78 is 10.9. The SMILES string of the molecule is CNC1(C(=O)OC)CCC(Oc2ccccc2C)C1. The maximum Gasteiger partial charge on any atom is 0.326 e. The Morgan fingerprint density at radius 3 is 2.79 bits per heavy atom. The molecule has 2 rings (SSSR count). The Morgan fingerprint density at radius 1 is 1.42 bits per heavy atom. The highest BCUT2D eigenvalue weighted by atomic mass is 16.5. The summed E-state index contributed by atoms with van der Waals surface area (Å²) in [6.45, 7) is 2.02. The van der Waals surface area contributed by atoms with Crippen molar-refractivity contribution in [2.24, 2.45) is 0 Å². The number of esters is 1. The Bertz CT molecular complexity index is 460. The summed E-state index contributed by atoms with van der Waals surface area (Å²) >= 11 is 0. The molecule has 4 heteroatoms. The lowest BCUT2D eigenvalue weighted by Gasteiger charge is -2.25. The largest absolute Gasteiger partial charge is 0.490 e. The molecule has 0 aromatic heterocycles. The highest BCUT2D eigenvalue weighted by Crippen LogP contribution is 2.34. The van der Waals surface area contributed by atoms with E-state index in [1.54, 1.807) is 7.05 Å². The van der Waals surface area contributed by atoms with Crippen LogP contribution in [0, 0.1) is 6.92 Å². The van der Waals surface area contributed by atoms with Crippen LogP contribution in [0.3, 0.4) is 0 Å². The van der Waals surface area contributed by atoms with Gasteiger partial charge in [-0.15, -0.1) is 0 Å². The number of benzene rings is 1. The number of hydrogen-bond acceptors (Lipinski definition) is 4. The van der Waals surface area contributed by atoms with Crippen LogP contribution in [0.2, 0.25) is 0 Å². The Balaban J connectivity index is 2.06. The van der Waals surface area contributed by atoms with Gasteiger partial charge in [0.1, 0.15) is 17.4 Å². The van der Waals surface area contributed by atoms with Crippen LogP contribution >= 0.6 is 0 Å². The lowest BCUT2D eigenvalue weighted by Crippen LogP contribution is -2.49. The molecule has 0 heterocycles. The van der Waals surface area contributed by atoms with Crippen molar-refractivity contribution in [2.45, 2.75) is 37.8 Å². The molecule has 1 saturated carbocycles. The van der Waals surface area contributed by atoms with Gasteiger partial charge < -0.3 is 14.8 Å². The second-order valence-electron chi connectivity index (χ2n) is 5.07. The molecule has 0 saturated heterocycles. The molecule has 1 N–H and O–H groups in total. The molecule has 1 aromatic carbocycles. The first-order chi connectivity index (χ1) is 9.11. The molecule has 1 aliphatic carbocycles. The fourth-order valence-electron chi connectivity index (χ4n) is 2.68. The van der Waals surface area contributed by atoms with Crippen LogP contribution in [0.5, 0.6) is 5.75 Å². The monoisotopic (exact) mass is 263 g/mol. The number of carbonyl (C=O) groups is 1. The van der Waals surface area contributed by atoms with Crippen molar-refractivity contribution >= 4 is 5.97 Å². The smallest absolute Gasteiger partial charge is 0.326 e. The van der Waals surface area contributed by atoms with Crippen molar-refractivity contribution in [3.63, 3.8) is 0 Å². The minimum atomic E-state index is -0.595. The highest BCUT2D eigenvalue weighted by Gasteiger charge is 2.46. The molecule has 1 aromatic rings. The van der Waals surface area contributed by atoms with Crippen molar-refractivity contribution in [3.8, 4) is 5.75 Å². The minimum Gasteiger partial charge on any atom is -0.490 e. The number of carbonyl (C=O) groups excluding carboxylic acids is 1. The number of methoxy groups -OCH3 is 1. The fourth-order valence-corrected chi connectivity index (χ4v) is 2.68. The average molecular weight is 263 g/mol. The van der Waals surface area contributed by atoms with E-state index in [2.05, 4.69) is 5.32 Å². The van der Waals surface area contributed by atoms with Crippen LogP contribution in [-0.2, 0) is 9.53 Å². The third-order valence-corrected chi connectivity index (χ3v) is 3.91. The lowest BCUT2D eigenvalue weighted by molar-refractivity contribution is -0.148. The van der Waals surface area contributed by atoms with Gasteiger partial charge in [-0.1, -0.05) is 18.2 Å². The van der Waals surface area contributed by atoms with Crippen molar-refractivity contribution < 1.29 is 14.3 Å². The molecule has 19 heavy (non-hydrogen) atoms. The number of aryl methyl sites for hydroxylation is 1. The fraction of sp³-hybridized carbons (Fsp3) is 0.533. The van der Waals surface area contributed by atoms with Gasteiger partial charge in [-0.2, -0.15) is 0 Å². The normalized spacial score (nSPS) is 26.2. The van der Waals surface area contributed by atoms with Crippen LogP contribution in [0.1, 0.15) is 24.8 Å². The molecule has 104 valence electrons. The molecule has 2 atom stereocenters. The van der Waals surface area contributed by atoms with Crippen molar-refractivity contribution in [1.82, 2.24) is 5.32 Å². The van der Waals surface area contributed by atoms with E-state index in [4.69, 9.17) is 9.47 Å². The van der Waals surface area contributed by atoms with E-state index in [-0.39, 0.29) is 12.1 Å². The molecular weight excluding hydrogens is 242 g/mol. The topological polar surface area (TPSA) is 47.6 Å². The van der Waals surface area contributed by atoms with Crippen LogP contribution < -0.4 is 10.1 Å². The average Bonchev–Trinajstić information content (AvgIpc) is 2.85. The molecule has 0 amide bonds. The van der Waals surface area contributed by atoms with Crippen LogP contribution in [0.15, 0.2) is 24.3 Å². The maximum atomic E-state index is 11.9. The van der Waals surface area contributed by atoms with E-state index in [0.717, 1.165) is 24.2 Å². The quantitative estimate of drug-likeness (QED) is 0.845.